The van der Waals surface area contributed by atoms with Crippen LogP contribution in [-0.2, 0) is 0 Å². The van der Waals surface area contributed by atoms with Gasteiger partial charge in [0.05, 0.1) is 0 Å². The van der Waals surface area contributed by atoms with Gasteiger partial charge < -0.3 is 0 Å². The van der Waals surface area contributed by atoms with Gasteiger partial charge in [-0.05, 0) is 59.5 Å². The van der Waals surface area contributed by atoms with Crippen LogP contribution in [0.4, 0.5) is 0 Å². The fourth-order valence-electron chi connectivity index (χ4n) is 2.66. The zero-order valence-electron chi connectivity index (χ0n) is 12.5. The maximum Gasteiger partial charge on any atom is 0.0355 e. The van der Waals surface area contributed by atoms with E-state index in [0.29, 0.717) is 5.92 Å². The Morgan fingerprint density at radius 3 is 2.25 bits per heavy atom. The largest absolute Gasteiger partial charge is 0.135 e. The topological polar surface area (TPSA) is 0 Å². The van der Waals surface area contributed by atoms with Gasteiger partial charge in [-0.15, -0.1) is 11.3 Å². The summed E-state index contributed by atoms with van der Waals surface area (Å²) >= 11 is 1.89. The van der Waals surface area contributed by atoms with Gasteiger partial charge in [-0.2, -0.15) is 0 Å². The van der Waals surface area contributed by atoms with E-state index in [2.05, 4.69) is 70.2 Å². The number of hydrogen-bond donors (Lipinski definition) is 0. The molecule has 3 rings (SSSR count). The fraction of sp³-hybridized carbons (Fsp3) is 0.263. The second-order valence-corrected chi connectivity index (χ2v) is 6.96. The molecule has 0 radical (unpaired) electrons. The van der Waals surface area contributed by atoms with Gasteiger partial charge in [0.1, 0.15) is 0 Å². The Balaban J connectivity index is 2.08. The molecule has 0 spiro atoms. The van der Waals surface area contributed by atoms with Gasteiger partial charge in [-0.1, -0.05) is 44.2 Å². The quantitative estimate of drug-likeness (QED) is 0.516. The summed E-state index contributed by atoms with van der Waals surface area (Å²) in [6, 6.07) is 15.9. The van der Waals surface area contributed by atoms with Crippen LogP contribution >= 0.6 is 11.3 Å². The minimum atomic E-state index is 0.594. The third-order valence-electron chi connectivity index (χ3n) is 3.85. The molecule has 0 nitrogen and oxygen atoms in total. The van der Waals surface area contributed by atoms with Crippen LogP contribution in [-0.4, -0.2) is 0 Å². The summed E-state index contributed by atoms with van der Waals surface area (Å²) in [5.74, 6) is 0.594. The predicted octanol–water partition coefficient (Wildman–Crippen LogP) is 6.31. The summed E-state index contributed by atoms with van der Waals surface area (Å²) < 4.78 is 1.39. The molecule has 0 aliphatic rings. The predicted molar refractivity (Wildman–Crippen MR) is 90.8 cm³/mol. The normalized spacial score (nSPS) is 11.4. The number of rotatable bonds is 2. The average Bonchev–Trinajstić information content (AvgIpc) is 2.83. The smallest absolute Gasteiger partial charge is 0.0355 e. The molecule has 0 saturated carbocycles. The number of benzene rings is 2. The highest BCUT2D eigenvalue weighted by molar-refractivity contribution is 7.22. The van der Waals surface area contributed by atoms with Gasteiger partial charge >= 0.3 is 0 Å². The lowest BCUT2D eigenvalue weighted by Crippen LogP contribution is -1.85. The molecule has 1 heteroatoms. The van der Waals surface area contributed by atoms with Gasteiger partial charge in [-0.3, -0.25) is 0 Å². The first kappa shape index (κ1) is 13.4. The van der Waals surface area contributed by atoms with E-state index in [-0.39, 0.29) is 0 Å². The molecule has 1 aromatic heterocycles. The van der Waals surface area contributed by atoms with E-state index >= 15 is 0 Å². The Hall–Kier alpha value is -1.60. The van der Waals surface area contributed by atoms with Crippen LogP contribution in [0, 0.1) is 13.8 Å². The molecule has 102 valence electrons. The van der Waals surface area contributed by atoms with Gasteiger partial charge in [-0.25, -0.2) is 0 Å². The van der Waals surface area contributed by atoms with Crippen molar-refractivity contribution in [3.63, 3.8) is 0 Å². The molecule has 0 unspecified atom stereocenters. The molecule has 3 aromatic rings. The highest BCUT2D eigenvalue weighted by Gasteiger charge is 2.07. The van der Waals surface area contributed by atoms with Gasteiger partial charge in [0.2, 0.25) is 0 Å². The van der Waals surface area contributed by atoms with Crippen molar-refractivity contribution < 1.29 is 0 Å². The molecule has 0 fully saturated rings. The zero-order chi connectivity index (χ0) is 14.3. The second-order valence-electron chi connectivity index (χ2n) is 5.88. The Morgan fingerprint density at radius 1 is 0.900 bits per heavy atom. The van der Waals surface area contributed by atoms with Crippen molar-refractivity contribution in [2.75, 3.05) is 0 Å². The maximum absolute atomic E-state index is 2.33. The van der Waals surface area contributed by atoms with Crippen molar-refractivity contribution in [3.8, 4) is 10.4 Å². The SMILES string of the molecule is Cc1cc(C)c2cc(-c3ccc(C(C)C)cc3)sc2c1. The molecular formula is C19H20S. The molecule has 0 atom stereocenters. The maximum atomic E-state index is 2.33. The third kappa shape index (κ3) is 2.38. The van der Waals surface area contributed by atoms with Crippen LogP contribution in [0.15, 0.2) is 42.5 Å². The first-order valence-electron chi connectivity index (χ1n) is 7.16. The molecule has 0 saturated heterocycles. The fourth-order valence-corrected chi connectivity index (χ4v) is 3.91. The van der Waals surface area contributed by atoms with Crippen LogP contribution in [0.5, 0.6) is 0 Å². The first-order chi connectivity index (χ1) is 9.54. The van der Waals surface area contributed by atoms with Crippen LogP contribution in [0.3, 0.4) is 0 Å². The average molecular weight is 280 g/mol. The van der Waals surface area contributed by atoms with Crippen molar-refractivity contribution in [1.82, 2.24) is 0 Å². The Bertz CT molecular complexity index is 745. The molecule has 0 amide bonds. The number of fused-ring (bicyclic) bond motifs is 1. The number of aryl methyl sites for hydroxylation is 2. The summed E-state index contributed by atoms with van der Waals surface area (Å²) in [7, 11) is 0. The minimum absolute atomic E-state index is 0.594. The van der Waals surface area contributed by atoms with E-state index in [9.17, 15) is 0 Å². The van der Waals surface area contributed by atoms with Crippen LogP contribution < -0.4 is 0 Å². The summed E-state index contributed by atoms with van der Waals surface area (Å²) in [5.41, 5.74) is 5.45. The zero-order valence-corrected chi connectivity index (χ0v) is 13.3. The Kier molecular flexibility index (Phi) is 3.39. The Labute approximate surface area is 125 Å². The highest BCUT2D eigenvalue weighted by Crippen LogP contribution is 2.36. The molecule has 2 aromatic carbocycles. The van der Waals surface area contributed by atoms with E-state index in [4.69, 9.17) is 0 Å². The molecule has 0 aliphatic heterocycles. The van der Waals surface area contributed by atoms with E-state index in [0.717, 1.165) is 0 Å². The molecule has 0 aliphatic carbocycles. The third-order valence-corrected chi connectivity index (χ3v) is 4.98. The van der Waals surface area contributed by atoms with Gasteiger partial charge in [0, 0.05) is 9.58 Å². The summed E-state index contributed by atoms with van der Waals surface area (Å²) in [5, 5.41) is 1.39. The van der Waals surface area contributed by atoms with Crippen molar-refractivity contribution in [2.24, 2.45) is 0 Å². The molecule has 0 bridgehead atoms. The lowest BCUT2D eigenvalue weighted by Gasteiger charge is -2.05. The molecule has 1 heterocycles. The lowest BCUT2D eigenvalue weighted by atomic mass is 10.0. The molecule has 0 N–H and O–H groups in total. The van der Waals surface area contributed by atoms with E-state index in [1.54, 1.807) is 0 Å². The first-order valence-corrected chi connectivity index (χ1v) is 7.97. The second kappa shape index (κ2) is 5.06. The van der Waals surface area contributed by atoms with E-state index in [1.165, 1.54) is 37.2 Å². The standard InChI is InChI=1S/C19H20S/c1-12(2)15-5-7-16(8-6-15)18-11-17-14(4)9-13(3)10-19(17)20-18/h5-12H,1-4H3. The number of thiophene rings is 1. The van der Waals surface area contributed by atoms with Gasteiger partial charge in [0.15, 0.2) is 0 Å². The van der Waals surface area contributed by atoms with E-state index in [1.807, 2.05) is 11.3 Å². The van der Waals surface area contributed by atoms with Crippen LogP contribution in [0.25, 0.3) is 20.5 Å². The van der Waals surface area contributed by atoms with Crippen LogP contribution in [0.2, 0.25) is 0 Å². The minimum Gasteiger partial charge on any atom is -0.135 e. The van der Waals surface area contributed by atoms with Crippen LogP contribution in [0.1, 0.15) is 36.5 Å². The van der Waals surface area contributed by atoms with Crippen molar-refractivity contribution in [2.45, 2.75) is 33.6 Å². The van der Waals surface area contributed by atoms with Crippen molar-refractivity contribution in [1.29, 1.82) is 0 Å². The van der Waals surface area contributed by atoms with Crippen molar-refractivity contribution >= 4 is 21.4 Å². The summed E-state index contributed by atoms with van der Waals surface area (Å²) in [6.45, 7) is 8.85. The molecule has 20 heavy (non-hydrogen) atoms. The molecular weight excluding hydrogens is 260 g/mol. The Morgan fingerprint density at radius 2 is 1.60 bits per heavy atom. The lowest BCUT2D eigenvalue weighted by molar-refractivity contribution is 0.867. The van der Waals surface area contributed by atoms with Crippen molar-refractivity contribution in [3.05, 3.63) is 59.2 Å². The van der Waals surface area contributed by atoms with Gasteiger partial charge in [0.25, 0.3) is 0 Å². The number of hydrogen-bond acceptors (Lipinski definition) is 1. The monoisotopic (exact) mass is 280 g/mol. The summed E-state index contributed by atoms with van der Waals surface area (Å²) in [6.07, 6.45) is 0. The highest BCUT2D eigenvalue weighted by atomic mass is 32.1. The van der Waals surface area contributed by atoms with E-state index < -0.39 is 0 Å². The summed E-state index contributed by atoms with van der Waals surface area (Å²) in [4.78, 5) is 1.36.